The topological polar surface area (TPSA) is 50.2 Å². The van der Waals surface area contributed by atoms with Crippen LogP contribution in [0.2, 0.25) is 0 Å². The molecule has 0 radical (unpaired) electrons. The van der Waals surface area contributed by atoms with Crippen LogP contribution < -0.4 is 5.32 Å². The summed E-state index contributed by atoms with van der Waals surface area (Å²) in [5.74, 6) is 0.761. The minimum Gasteiger partial charge on any atom is -0.341 e. The van der Waals surface area contributed by atoms with E-state index in [0.29, 0.717) is 5.92 Å². The molecule has 2 rings (SSSR count). The van der Waals surface area contributed by atoms with E-state index in [0.717, 1.165) is 26.1 Å². The molecule has 1 amide bonds. The zero-order valence-electron chi connectivity index (χ0n) is 12.0. The summed E-state index contributed by atoms with van der Waals surface area (Å²) in [5, 5.41) is 7.34. The lowest BCUT2D eigenvalue weighted by Crippen LogP contribution is -2.45. The Labute approximate surface area is 132 Å². The SMILES string of the molecule is CNCC1CCCN(C(=O)C(C)n2cccn2)C1.Cl.Cl. The van der Waals surface area contributed by atoms with Gasteiger partial charge in [-0.2, -0.15) is 5.10 Å². The zero-order valence-corrected chi connectivity index (χ0v) is 13.6. The van der Waals surface area contributed by atoms with Gasteiger partial charge in [-0.1, -0.05) is 0 Å². The Hall–Kier alpha value is -0.780. The molecule has 0 aliphatic carbocycles. The van der Waals surface area contributed by atoms with Gasteiger partial charge in [-0.15, -0.1) is 24.8 Å². The molecule has 1 aromatic rings. The number of hydrogen-bond acceptors (Lipinski definition) is 3. The molecular formula is C13H24Cl2N4O. The van der Waals surface area contributed by atoms with Gasteiger partial charge in [0.15, 0.2) is 0 Å². The van der Waals surface area contributed by atoms with Crippen LogP contribution in [0.4, 0.5) is 0 Å². The largest absolute Gasteiger partial charge is 0.341 e. The molecule has 0 bridgehead atoms. The highest BCUT2D eigenvalue weighted by Gasteiger charge is 2.27. The van der Waals surface area contributed by atoms with Gasteiger partial charge in [0.05, 0.1) is 0 Å². The number of hydrogen-bond donors (Lipinski definition) is 1. The summed E-state index contributed by atoms with van der Waals surface area (Å²) in [5.41, 5.74) is 0. The van der Waals surface area contributed by atoms with Crippen molar-refractivity contribution in [2.75, 3.05) is 26.7 Å². The highest BCUT2D eigenvalue weighted by molar-refractivity contribution is 5.85. The molecule has 20 heavy (non-hydrogen) atoms. The molecule has 2 heterocycles. The molecule has 1 aromatic heterocycles. The van der Waals surface area contributed by atoms with Crippen molar-refractivity contribution in [2.24, 2.45) is 5.92 Å². The van der Waals surface area contributed by atoms with Crippen LogP contribution in [0.5, 0.6) is 0 Å². The van der Waals surface area contributed by atoms with Crippen molar-refractivity contribution < 1.29 is 4.79 Å². The smallest absolute Gasteiger partial charge is 0.247 e. The third kappa shape index (κ3) is 4.65. The Morgan fingerprint density at radius 3 is 2.85 bits per heavy atom. The molecule has 5 nitrogen and oxygen atoms in total. The Balaban J connectivity index is 0.00000180. The van der Waals surface area contributed by atoms with E-state index in [1.807, 2.05) is 31.1 Å². The summed E-state index contributed by atoms with van der Waals surface area (Å²) in [4.78, 5) is 14.4. The van der Waals surface area contributed by atoms with Crippen molar-refractivity contribution in [3.8, 4) is 0 Å². The summed E-state index contributed by atoms with van der Waals surface area (Å²) < 4.78 is 1.73. The summed E-state index contributed by atoms with van der Waals surface area (Å²) in [6, 6.07) is 1.65. The first-order valence-corrected chi connectivity index (χ1v) is 6.65. The van der Waals surface area contributed by atoms with Crippen molar-refractivity contribution in [3.63, 3.8) is 0 Å². The normalized spacial score (nSPS) is 19.7. The molecule has 1 aliphatic rings. The van der Waals surface area contributed by atoms with Crippen LogP contribution in [0, 0.1) is 5.92 Å². The quantitative estimate of drug-likeness (QED) is 0.918. The van der Waals surface area contributed by atoms with Gasteiger partial charge in [0.2, 0.25) is 5.91 Å². The first-order valence-electron chi connectivity index (χ1n) is 6.65. The third-order valence-electron chi connectivity index (χ3n) is 3.60. The molecule has 1 saturated heterocycles. The molecule has 1 aliphatic heterocycles. The van der Waals surface area contributed by atoms with Gasteiger partial charge < -0.3 is 10.2 Å². The first-order chi connectivity index (χ1) is 8.72. The molecule has 0 aromatic carbocycles. The monoisotopic (exact) mass is 322 g/mol. The standard InChI is InChI=1S/C13H22N4O.2ClH/c1-11(17-8-4-6-15-17)13(18)16-7-3-5-12(10-16)9-14-2;;/h4,6,8,11-12,14H,3,5,7,9-10H2,1-2H3;2*1H. The van der Waals surface area contributed by atoms with Crippen LogP contribution in [-0.4, -0.2) is 47.3 Å². The maximum absolute atomic E-state index is 12.4. The van der Waals surface area contributed by atoms with E-state index in [-0.39, 0.29) is 36.8 Å². The van der Waals surface area contributed by atoms with E-state index >= 15 is 0 Å². The molecule has 0 spiro atoms. The number of rotatable bonds is 4. The Morgan fingerprint density at radius 2 is 2.25 bits per heavy atom. The van der Waals surface area contributed by atoms with Crippen molar-refractivity contribution in [2.45, 2.75) is 25.8 Å². The molecule has 2 unspecified atom stereocenters. The maximum Gasteiger partial charge on any atom is 0.247 e. The minimum absolute atomic E-state index is 0. The van der Waals surface area contributed by atoms with E-state index in [9.17, 15) is 4.79 Å². The summed E-state index contributed by atoms with van der Waals surface area (Å²) in [6.45, 7) is 4.65. The Morgan fingerprint density at radius 1 is 1.50 bits per heavy atom. The van der Waals surface area contributed by atoms with Gasteiger partial charge in [0.25, 0.3) is 0 Å². The van der Waals surface area contributed by atoms with Gasteiger partial charge in [-0.25, -0.2) is 0 Å². The molecule has 7 heteroatoms. The number of nitrogens with zero attached hydrogens (tertiary/aromatic N) is 3. The van der Waals surface area contributed by atoms with Crippen LogP contribution in [0.25, 0.3) is 0 Å². The second kappa shape index (κ2) is 9.21. The lowest BCUT2D eigenvalue weighted by molar-refractivity contribution is -0.136. The van der Waals surface area contributed by atoms with E-state index in [4.69, 9.17) is 0 Å². The summed E-state index contributed by atoms with van der Waals surface area (Å²) in [7, 11) is 1.97. The van der Waals surface area contributed by atoms with Gasteiger partial charge in [-0.3, -0.25) is 9.48 Å². The molecule has 0 saturated carbocycles. The third-order valence-corrected chi connectivity index (χ3v) is 3.60. The highest BCUT2D eigenvalue weighted by atomic mass is 35.5. The zero-order chi connectivity index (χ0) is 13.0. The van der Waals surface area contributed by atoms with Gasteiger partial charge in [0, 0.05) is 25.5 Å². The van der Waals surface area contributed by atoms with Gasteiger partial charge >= 0.3 is 0 Å². The fourth-order valence-electron chi connectivity index (χ4n) is 2.61. The number of carbonyl (C=O) groups excluding carboxylic acids is 1. The lowest BCUT2D eigenvalue weighted by Gasteiger charge is -2.34. The predicted molar refractivity (Wildman–Crippen MR) is 84.7 cm³/mol. The number of halogens is 2. The average molecular weight is 323 g/mol. The fraction of sp³-hybridized carbons (Fsp3) is 0.692. The molecule has 1 fully saturated rings. The second-order valence-electron chi connectivity index (χ2n) is 5.01. The number of aromatic nitrogens is 2. The second-order valence-corrected chi connectivity index (χ2v) is 5.01. The number of likely N-dealkylation sites (tertiary alicyclic amines) is 1. The van der Waals surface area contributed by atoms with Crippen LogP contribution in [0.3, 0.4) is 0 Å². The van der Waals surface area contributed by atoms with Crippen LogP contribution >= 0.6 is 24.8 Å². The molecule has 1 N–H and O–H groups in total. The summed E-state index contributed by atoms with van der Waals surface area (Å²) >= 11 is 0. The first kappa shape index (κ1) is 19.2. The minimum atomic E-state index is -0.201. The number of amides is 1. The molecular weight excluding hydrogens is 299 g/mol. The van der Waals surface area contributed by atoms with Gasteiger partial charge in [0.1, 0.15) is 6.04 Å². The molecule has 116 valence electrons. The van der Waals surface area contributed by atoms with E-state index in [2.05, 4.69) is 10.4 Å². The lowest BCUT2D eigenvalue weighted by atomic mass is 9.97. The highest BCUT2D eigenvalue weighted by Crippen LogP contribution is 2.19. The Kier molecular flexibility index (Phi) is 8.85. The number of nitrogens with one attached hydrogen (secondary N) is 1. The van der Waals surface area contributed by atoms with E-state index in [1.54, 1.807) is 10.9 Å². The van der Waals surface area contributed by atoms with Crippen LogP contribution in [-0.2, 0) is 4.79 Å². The van der Waals surface area contributed by atoms with E-state index in [1.165, 1.54) is 6.42 Å². The number of carbonyl (C=O) groups is 1. The van der Waals surface area contributed by atoms with Crippen molar-refractivity contribution in [3.05, 3.63) is 18.5 Å². The van der Waals surface area contributed by atoms with E-state index < -0.39 is 0 Å². The predicted octanol–water partition coefficient (Wildman–Crippen LogP) is 1.75. The fourth-order valence-corrected chi connectivity index (χ4v) is 2.61. The van der Waals surface area contributed by atoms with Crippen LogP contribution in [0.1, 0.15) is 25.8 Å². The van der Waals surface area contributed by atoms with Crippen molar-refractivity contribution >= 4 is 30.7 Å². The Bertz CT molecular complexity index is 384. The van der Waals surface area contributed by atoms with Crippen LogP contribution in [0.15, 0.2) is 18.5 Å². The summed E-state index contributed by atoms with van der Waals surface area (Å²) in [6.07, 6.45) is 5.87. The maximum atomic E-state index is 12.4. The van der Waals surface area contributed by atoms with Gasteiger partial charge in [-0.05, 0) is 45.3 Å². The molecule has 2 atom stereocenters. The average Bonchev–Trinajstić information content (AvgIpc) is 2.91. The van der Waals surface area contributed by atoms with Crippen molar-refractivity contribution in [1.82, 2.24) is 20.0 Å². The van der Waals surface area contributed by atoms with Crippen molar-refractivity contribution in [1.29, 1.82) is 0 Å². The number of piperidine rings is 1.